The highest BCUT2D eigenvalue weighted by molar-refractivity contribution is 6.12. The summed E-state index contributed by atoms with van der Waals surface area (Å²) in [6, 6.07) is 91.9. The SMILES string of the molecule is C1=c2c(n(-c3ccc4c(c3)C3(c5cc(-n6c7ccccc7c7ccccc76)ccc5-4)c4cc(-n5c6ccccc6c6ccccc65)ccc4-c4ccc(-n5c6ccccc6c6ccccc65)cc43)c3ccccc23)=CCC1. The summed E-state index contributed by atoms with van der Waals surface area (Å²) in [6.07, 6.45) is 6.98. The molecule has 0 bridgehead atoms. The maximum absolute atomic E-state index is 2.57. The van der Waals surface area contributed by atoms with Crippen LogP contribution in [0, 0.1) is 0 Å². The Labute approximate surface area is 443 Å². The zero-order valence-electron chi connectivity index (χ0n) is 42.0. The van der Waals surface area contributed by atoms with E-state index in [1.54, 1.807) is 0 Å². The highest BCUT2D eigenvalue weighted by Gasteiger charge is 2.52. The van der Waals surface area contributed by atoms with Gasteiger partial charge in [0.2, 0.25) is 0 Å². The molecule has 11 aromatic carbocycles. The predicted molar refractivity (Wildman–Crippen MR) is 320 cm³/mol. The van der Waals surface area contributed by atoms with E-state index in [-0.39, 0.29) is 0 Å². The lowest BCUT2D eigenvalue weighted by Crippen LogP contribution is -2.30. The highest BCUT2D eigenvalue weighted by atomic mass is 15.0. The van der Waals surface area contributed by atoms with Gasteiger partial charge in [0.1, 0.15) is 0 Å². The van der Waals surface area contributed by atoms with Gasteiger partial charge in [-0.05, 0) is 148 Å². The van der Waals surface area contributed by atoms with Crippen LogP contribution in [0.5, 0.6) is 0 Å². The standard InChI is InChI=1S/C73H46N4/c1-9-25-65-53(17-1)54-18-2-10-26-66(54)74(65)45-33-37-49-50-38-34-46(75-67-27-11-3-19-55(67)56-20-4-12-28-68(56)75)42-62(50)73(61(49)41-45)63-43-47(76-69-29-13-5-21-57(69)58-22-6-14-30-70(58)76)35-39-51(63)52-40-36-48(44-64(52)73)77-71-31-15-7-23-59(71)60-24-8-16-32-72(60)77/h1-7,9-15,17-44H,8,16H2. The molecule has 4 heteroatoms. The molecule has 0 unspecified atom stereocenters. The molecule has 0 radical (unpaired) electrons. The van der Waals surface area contributed by atoms with Crippen LogP contribution >= 0.6 is 0 Å². The smallest absolute Gasteiger partial charge is 0.0728 e. The molecule has 0 saturated heterocycles. The molecular formula is C73H46N4. The monoisotopic (exact) mass is 978 g/mol. The van der Waals surface area contributed by atoms with Crippen molar-refractivity contribution in [2.75, 3.05) is 0 Å². The number of rotatable bonds is 4. The Morgan fingerprint density at radius 2 is 0.506 bits per heavy atom. The van der Waals surface area contributed by atoms with Crippen molar-refractivity contribution in [2.45, 2.75) is 18.3 Å². The summed E-state index contributed by atoms with van der Waals surface area (Å²) in [7, 11) is 0. The van der Waals surface area contributed by atoms with E-state index in [1.165, 1.54) is 137 Å². The van der Waals surface area contributed by atoms with E-state index < -0.39 is 5.41 Å². The van der Waals surface area contributed by atoms with Crippen LogP contribution in [0.4, 0.5) is 0 Å². The third-order valence-corrected chi connectivity index (χ3v) is 17.8. The molecular weight excluding hydrogens is 933 g/mol. The summed E-state index contributed by atoms with van der Waals surface area (Å²) in [5.41, 5.74) is 22.5. The number of nitrogens with zero attached hydrogens (tertiary/aromatic N) is 4. The van der Waals surface area contributed by atoms with Crippen LogP contribution in [0.3, 0.4) is 0 Å². The van der Waals surface area contributed by atoms with Crippen LogP contribution in [0.15, 0.2) is 243 Å². The van der Waals surface area contributed by atoms with Crippen LogP contribution in [0.25, 0.3) is 133 Å². The van der Waals surface area contributed by atoms with Crippen molar-refractivity contribution in [3.05, 3.63) is 275 Å². The van der Waals surface area contributed by atoms with Crippen LogP contribution in [-0.2, 0) is 5.41 Å². The average Bonchev–Trinajstić information content (AvgIpc) is 4.42. The molecule has 1 spiro atoms. The summed E-state index contributed by atoms with van der Waals surface area (Å²) in [5, 5.41) is 11.5. The molecule has 358 valence electrons. The number of para-hydroxylation sites is 7. The van der Waals surface area contributed by atoms with Gasteiger partial charge in [0.25, 0.3) is 0 Å². The first-order valence-corrected chi connectivity index (χ1v) is 27.1. The first-order valence-electron chi connectivity index (χ1n) is 27.1. The van der Waals surface area contributed by atoms with Gasteiger partial charge in [0.15, 0.2) is 0 Å². The first-order chi connectivity index (χ1) is 38.2. The molecule has 0 fully saturated rings. The van der Waals surface area contributed by atoms with Crippen molar-refractivity contribution in [1.29, 1.82) is 0 Å². The molecule has 4 nitrogen and oxygen atoms in total. The Kier molecular flexibility index (Phi) is 8.14. The van der Waals surface area contributed by atoms with Crippen LogP contribution < -0.4 is 10.6 Å². The quantitative estimate of drug-likeness (QED) is 0.167. The van der Waals surface area contributed by atoms with Gasteiger partial charge in [-0.3, -0.25) is 0 Å². The zero-order valence-corrected chi connectivity index (χ0v) is 42.0. The largest absolute Gasteiger partial charge is 0.310 e. The van der Waals surface area contributed by atoms with E-state index in [4.69, 9.17) is 0 Å². The molecule has 0 N–H and O–H groups in total. The molecule has 15 aromatic rings. The molecule has 77 heavy (non-hydrogen) atoms. The lowest BCUT2D eigenvalue weighted by molar-refractivity contribution is 0.788. The fourth-order valence-electron chi connectivity index (χ4n) is 14.8. The van der Waals surface area contributed by atoms with E-state index in [9.17, 15) is 0 Å². The van der Waals surface area contributed by atoms with Gasteiger partial charge in [-0.2, -0.15) is 0 Å². The summed E-state index contributed by atoms with van der Waals surface area (Å²) >= 11 is 0. The average molecular weight is 979 g/mol. The molecule has 0 atom stereocenters. The van der Waals surface area contributed by atoms with Gasteiger partial charge in [-0.15, -0.1) is 0 Å². The molecule has 0 aliphatic heterocycles. The second kappa shape index (κ2) is 15.1. The van der Waals surface area contributed by atoms with Gasteiger partial charge in [-0.1, -0.05) is 164 Å². The summed E-state index contributed by atoms with van der Waals surface area (Å²) in [4.78, 5) is 0. The van der Waals surface area contributed by atoms with Crippen molar-refractivity contribution in [1.82, 2.24) is 18.3 Å². The van der Waals surface area contributed by atoms with Crippen LogP contribution in [0.1, 0.15) is 35.1 Å². The number of hydrogen-bond donors (Lipinski definition) is 0. The normalized spacial score (nSPS) is 13.9. The second-order valence-electron chi connectivity index (χ2n) is 21.4. The molecule has 4 heterocycles. The Balaban J connectivity index is 0.999. The Hall–Kier alpha value is -9.90. The minimum absolute atomic E-state index is 0.748. The molecule has 4 aromatic heterocycles. The minimum Gasteiger partial charge on any atom is -0.310 e. The maximum atomic E-state index is 2.57. The first kappa shape index (κ1) is 41.5. The molecule has 0 amide bonds. The van der Waals surface area contributed by atoms with E-state index in [2.05, 4.69) is 273 Å². The molecule has 18 rings (SSSR count). The molecule has 3 aliphatic carbocycles. The predicted octanol–water partition coefficient (Wildman–Crippen LogP) is 16.6. The lowest BCUT2D eigenvalue weighted by Gasteiger charge is -2.32. The highest BCUT2D eigenvalue weighted by Crippen LogP contribution is 2.64. The van der Waals surface area contributed by atoms with Crippen molar-refractivity contribution < 1.29 is 0 Å². The summed E-state index contributed by atoms with van der Waals surface area (Å²) in [6.45, 7) is 0. The van der Waals surface area contributed by atoms with E-state index >= 15 is 0 Å². The fraction of sp³-hybridized carbons (Fsp3) is 0.0411. The van der Waals surface area contributed by atoms with Crippen molar-refractivity contribution >= 4 is 88.5 Å². The Morgan fingerprint density at radius 1 is 0.247 bits per heavy atom. The van der Waals surface area contributed by atoms with Crippen molar-refractivity contribution in [3.8, 4) is 45.0 Å². The number of fused-ring (bicyclic) bond motifs is 22. The Morgan fingerprint density at radius 3 is 0.831 bits per heavy atom. The van der Waals surface area contributed by atoms with E-state index in [0.29, 0.717) is 0 Å². The van der Waals surface area contributed by atoms with Crippen LogP contribution in [-0.4, -0.2) is 18.3 Å². The molecule has 3 aliphatic rings. The van der Waals surface area contributed by atoms with Gasteiger partial charge >= 0.3 is 0 Å². The van der Waals surface area contributed by atoms with Crippen molar-refractivity contribution in [2.24, 2.45) is 0 Å². The number of aromatic nitrogens is 4. The fourth-order valence-corrected chi connectivity index (χ4v) is 14.8. The lowest BCUT2D eigenvalue weighted by atomic mass is 9.70. The van der Waals surface area contributed by atoms with Crippen molar-refractivity contribution in [3.63, 3.8) is 0 Å². The van der Waals surface area contributed by atoms with E-state index in [0.717, 1.165) is 29.9 Å². The number of hydrogen-bond acceptors (Lipinski definition) is 0. The topological polar surface area (TPSA) is 19.7 Å². The van der Waals surface area contributed by atoms with E-state index in [1.807, 2.05) is 0 Å². The third kappa shape index (κ3) is 5.31. The van der Waals surface area contributed by atoms with Gasteiger partial charge in [0, 0.05) is 71.0 Å². The maximum Gasteiger partial charge on any atom is 0.0728 e. The number of benzene rings is 11. The molecule has 0 saturated carbocycles. The minimum atomic E-state index is -0.748. The second-order valence-corrected chi connectivity index (χ2v) is 21.4. The van der Waals surface area contributed by atoms with Gasteiger partial charge in [-0.25, -0.2) is 0 Å². The van der Waals surface area contributed by atoms with Gasteiger partial charge in [0.05, 0.1) is 44.0 Å². The zero-order chi connectivity index (χ0) is 50.1. The Bertz CT molecular complexity index is 4740. The summed E-state index contributed by atoms with van der Waals surface area (Å²) < 4.78 is 10.0. The van der Waals surface area contributed by atoms with Crippen LogP contribution in [0.2, 0.25) is 0 Å². The third-order valence-electron chi connectivity index (χ3n) is 17.8. The van der Waals surface area contributed by atoms with Gasteiger partial charge < -0.3 is 18.3 Å². The summed E-state index contributed by atoms with van der Waals surface area (Å²) in [5.74, 6) is 0.